The van der Waals surface area contributed by atoms with Crippen molar-refractivity contribution in [2.75, 3.05) is 0 Å². The molecule has 9 rings (SSSR count). The number of hydrogen-bond donors (Lipinski definition) is 0. The highest BCUT2D eigenvalue weighted by Crippen LogP contribution is 2.35. The van der Waals surface area contributed by atoms with Crippen LogP contribution < -0.4 is 0 Å². The van der Waals surface area contributed by atoms with E-state index >= 15 is 0 Å². The molecule has 5 heterocycles. The van der Waals surface area contributed by atoms with Crippen LogP contribution in [-0.2, 0) is 0 Å². The summed E-state index contributed by atoms with van der Waals surface area (Å²) in [6.07, 6.45) is 3.67. The Kier molecular flexibility index (Phi) is 4.51. The Bertz CT molecular complexity index is 2370. The molecular weight excluding hydrogens is 504 g/mol. The van der Waals surface area contributed by atoms with Crippen molar-refractivity contribution in [3.05, 3.63) is 134 Å². The summed E-state index contributed by atoms with van der Waals surface area (Å²) in [5.74, 6) is 2.48. The maximum atomic E-state index is 5.37. The molecule has 5 aromatic heterocycles. The molecule has 0 saturated heterocycles. The van der Waals surface area contributed by atoms with Gasteiger partial charge in [-0.3, -0.25) is 18.5 Å². The van der Waals surface area contributed by atoms with Crippen LogP contribution in [0.4, 0.5) is 0 Å². The molecule has 0 unspecified atom stereocenters. The third-order valence-electron chi connectivity index (χ3n) is 7.96. The number of fused-ring (bicyclic) bond motifs is 8. The number of pyridine rings is 2. The van der Waals surface area contributed by atoms with E-state index < -0.39 is 0 Å². The quantitative estimate of drug-likeness (QED) is 0.234. The molecule has 192 valence electrons. The van der Waals surface area contributed by atoms with Gasteiger partial charge >= 0.3 is 0 Å². The lowest BCUT2D eigenvalue weighted by atomic mass is 10.1. The maximum absolute atomic E-state index is 5.37. The standard InChI is InChI=1S/C35H22N6/c1-4-12-28-25(9-1)26-10-2-5-13-29(26)39(28)33-21-24(23-17-19-36-20-18-23)22-34(38-33)41-32-16-8-7-15-31(32)40-30-14-6-3-11-27(30)37-35(40)41/h1-22H. The van der Waals surface area contributed by atoms with E-state index in [4.69, 9.17) is 9.97 Å². The summed E-state index contributed by atoms with van der Waals surface area (Å²) >= 11 is 0. The number of aromatic nitrogens is 6. The summed E-state index contributed by atoms with van der Waals surface area (Å²) < 4.78 is 6.67. The molecule has 41 heavy (non-hydrogen) atoms. The average molecular weight is 527 g/mol. The number of imidazole rings is 2. The zero-order chi connectivity index (χ0) is 26.9. The van der Waals surface area contributed by atoms with Gasteiger partial charge in [0.1, 0.15) is 11.6 Å². The van der Waals surface area contributed by atoms with Crippen LogP contribution in [0, 0.1) is 0 Å². The summed E-state index contributed by atoms with van der Waals surface area (Å²) in [7, 11) is 0. The SMILES string of the molecule is c1ccc2c(c1)nc1n(-c3cc(-c4ccncc4)cc(-n4c5ccccc5c5ccccc54)n3)c3ccccc3n21. The Hall–Kier alpha value is -5.75. The molecule has 0 aliphatic carbocycles. The summed E-state index contributed by atoms with van der Waals surface area (Å²) in [5, 5.41) is 2.41. The van der Waals surface area contributed by atoms with E-state index in [1.165, 1.54) is 10.8 Å². The van der Waals surface area contributed by atoms with Crippen molar-refractivity contribution >= 4 is 49.7 Å². The molecule has 0 atom stereocenters. The molecule has 6 nitrogen and oxygen atoms in total. The van der Waals surface area contributed by atoms with Crippen LogP contribution in [0.1, 0.15) is 0 Å². The van der Waals surface area contributed by atoms with Crippen molar-refractivity contribution in [3.63, 3.8) is 0 Å². The molecule has 4 aromatic carbocycles. The van der Waals surface area contributed by atoms with Gasteiger partial charge in [-0.25, -0.2) is 9.97 Å². The fourth-order valence-electron chi connectivity index (χ4n) is 6.19. The van der Waals surface area contributed by atoms with Crippen LogP contribution in [0.15, 0.2) is 134 Å². The van der Waals surface area contributed by atoms with Gasteiger partial charge in [-0.1, -0.05) is 60.7 Å². The van der Waals surface area contributed by atoms with Gasteiger partial charge in [-0.05, 0) is 71.8 Å². The number of benzene rings is 4. The Morgan fingerprint density at radius 1 is 0.439 bits per heavy atom. The van der Waals surface area contributed by atoms with Gasteiger partial charge in [0.25, 0.3) is 0 Å². The molecule has 0 amide bonds. The topological polar surface area (TPSA) is 52.9 Å². The van der Waals surface area contributed by atoms with Gasteiger partial charge < -0.3 is 0 Å². The molecule has 0 fully saturated rings. The second-order valence-electron chi connectivity index (χ2n) is 10.2. The second-order valence-corrected chi connectivity index (χ2v) is 10.2. The van der Waals surface area contributed by atoms with Crippen molar-refractivity contribution in [2.24, 2.45) is 0 Å². The Morgan fingerprint density at radius 3 is 1.71 bits per heavy atom. The van der Waals surface area contributed by atoms with Gasteiger partial charge in [0.05, 0.1) is 33.1 Å². The van der Waals surface area contributed by atoms with Crippen LogP contribution in [-0.4, -0.2) is 28.5 Å². The van der Waals surface area contributed by atoms with E-state index in [-0.39, 0.29) is 0 Å². The largest absolute Gasteiger partial charge is 0.294 e. The minimum Gasteiger partial charge on any atom is -0.294 e. The van der Waals surface area contributed by atoms with E-state index in [1.807, 2.05) is 30.6 Å². The lowest BCUT2D eigenvalue weighted by Crippen LogP contribution is -2.05. The molecule has 0 aliphatic heterocycles. The first kappa shape index (κ1) is 22.1. The fourth-order valence-corrected chi connectivity index (χ4v) is 6.19. The Morgan fingerprint density at radius 2 is 1.00 bits per heavy atom. The monoisotopic (exact) mass is 526 g/mol. The molecule has 0 radical (unpaired) electrons. The molecule has 6 heteroatoms. The minimum absolute atomic E-state index is 0.803. The van der Waals surface area contributed by atoms with E-state index in [0.717, 1.165) is 61.6 Å². The van der Waals surface area contributed by atoms with Crippen molar-refractivity contribution in [2.45, 2.75) is 0 Å². The van der Waals surface area contributed by atoms with E-state index in [2.05, 4.69) is 122 Å². The predicted molar refractivity (Wildman–Crippen MR) is 165 cm³/mol. The maximum Gasteiger partial charge on any atom is 0.221 e. The third kappa shape index (κ3) is 3.16. The summed E-state index contributed by atoms with van der Waals surface area (Å²) in [6, 6.07) is 42.2. The lowest BCUT2D eigenvalue weighted by molar-refractivity contribution is 0.996. The average Bonchev–Trinajstić information content (AvgIpc) is 3.68. The highest BCUT2D eigenvalue weighted by atomic mass is 15.2. The van der Waals surface area contributed by atoms with Gasteiger partial charge in [0, 0.05) is 23.2 Å². The van der Waals surface area contributed by atoms with Gasteiger partial charge in [-0.15, -0.1) is 0 Å². The number of para-hydroxylation sites is 6. The van der Waals surface area contributed by atoms with Crippen LogP contribution in [0.3, 0.4) is 0 Å². The first-order valence-corrected chi connectivity index (χ1v) is 13.6. The predicted octanol–water partition coefficient (Wildman–Crippen LogP) is 7.99. The molecule has 0 saturated carbocycles. The van der Waals surface area contributed by atoms with E-state index in [9.17, 15) is 0 Å². The van der Waals surface area contributed by atoms with Crippen molar-refractivity contribution < 1.29 is 0 Å². The van der Waals surface area contributed by atoms with Crippen molar-refractivity contribution in [3.8, 4) is 22.8 Å². The fraction of sp³-hybridized carbons (Fsp3) is 0. The number of rotatable bonds is 3. The summed E-state index contributed by atoms with van der Waals surface area (Å²) in [6.45, 7) is 0. The summed E-state index contributed by atoms with van der Waals surface area (Å²) in [5.41, 5.74) is 8.54. The minimum atomic E-state index is 0.803. The molecule has 0 bridgehead atoms. The molecule has 0 aliphatic rings. The molecule has 0 spiro atoms. The van der Waals surface area contributed by atoms with E-state index in [1.54, 1.807) is 0 Å². The molecule has 0 N–H and O–H groups in total. The van der Waals surface area contributed by atoms with Gasteiger partial charge in [0.2, 0.25) is 5.78 Å². The van der Waals surface area contributed by atoms with Crippen LogP contribution in [0.5, 0.6) is 0 Å². The first-order valence-electron chi connectivity index (χ1n) is 13.6. The van der Waals surface area contributed by atoms with Crippen LogP contribution >= 0.6 is 0 Å². The van der Waals surface area contributed by atoms with Crippen molar-refractivity contribution in [1.29, 1.82) is 0 Å². The van der Waals surface area contributed by atoms with Crippen molar-refractivity contribution in [1.82, 2.24) is 28.5 Å². The van der Waals surface area contributed by atoms with Crippen LogP contribution in [0.25, 0.3) is 72.4 Å². The molecule has 9 aromatic rings. The zero-order valence-electron chi connectivity index (χ0n) is 21.9. The summed E-state index contributed by atoms with van der Waals surface area (Å²) in [4.78, 5) is 14.7. The van der Waals surface area contributed by atoms with Gasteiger partial charge in [-0.2, -0.15) is 0 Å². The van der Waals surface area contributed by atoms with Gasteiger partial charge in [0.15, 0.2) is 0 Å². The highest BCUT2D eigenvalue weighted by molar-refractivity contribution is 6.09. The number of nitrogens with zero attached hydrogens (tertiary/aromatic N) is 6. The highest BCUT2D eigenvalue weighted by Gasteiger charge is 2.20. The van der Waals surface area contributed by atoms with Crippen LogP contribution in [0.2, 0.25) is 0 Å². The second kappa shape index (κ2) is 8.37. The Labute approximate surface area is 234 Å². The third-order valence-corrected chi connectivity index (χ3v) is 7.96. The lowest BCUT2D eigenvalue weighted by Gasteiger charge is -2.13. The smallest absolute Gasteiger partial charge is 0.221 e. The molecular formula is C35H22N6. The number of hydrogen-bond acceptors (Lipinski definition) is 3. The Balaban J connectivity index is 1.43. The first-order chi connectivity index (χ1) is 20.3. The zero-order valence-corrected chi connectivity index (χ0v) is 21.9. The van der Waals surface area contributed by atoms with E-state index in [0.29, 0.717) is 0 Å². The normalized spacial score (nSPS) is 11.9.